The molecule has 0 saturated carbocycles. The van der Waals surface area contributed by atoms with Gasteiger partial charge in [-0.1, -0.05) is 20.8 Å². The summed E-state index contributed by atoms with van der Waals surface area (Å²) < 4.78 is 0. The monoisotopic (exact) mass is 132 g/mol. The van der Waals surface area contributed by atoms with Crippen LogP contribution in [0.4, 0.5) is 0 Å². The first kappa shape index (κ1) is 8.43. The Morgan fingerprint density at radius 1 is 1.25 bits per heavy atom. The van der Waals surface area contributed by atoms with Crippen molar-refractivity contribution < 1.29 is 0 Å². The van der Waals surface area contributed by atoms with Gasteiger partial charge in [0.15, 0.2) is 0 Å². The molecule has 0 nitrogen and oxygen atoms in total. The summed E-state index contributed by atoms with van der Waals surface area (Å²) in [7, 11) is 2.78. The zero-order valence-corrected chi connectivity index (χ0v) is 7.30. The Hall–Kier alpha value is 0.430. The topological polar surface area (TPSA) is 0 Å². The fourth-order valence-corrected chi connectivity index (χ4v) is 1.09. The van der Waals surface area contributed by atoms with Crippen LogP contribution in [0.1, 0.15) is 27.2 Å². The van der Waals surface area contributed by atoms with E-state index in [0.29, 0.717) is 0 Å². The van der Waals surface area contributed by atoms with E-state index in [1.165, 1.54) is 12.6 Å². The van der Waals surface area contributed by atoms with Crippen molar-refractivity contribution in [3.05, 3.63) is 0 Å². The van der Waals surface area contributed by atoms with Gasteiger partial charge in [0.1, 0.15) is 0 Å². The van der Waals surface area contributed by atoms with Crippen LogP contribution >= 0.6 is 9.24 Å². The van der Waals surface area contributed by atoms with Crippen LogP contribution in [0.25, 0.3) is 0 Å². The Bertz CT molecular complexity index is 50.3. The van der Waals surface area contributed by atoms with Crippen LogP contribution in [0.2, 0.25) is 0 Å². The molecule has 0 N–H and O–H groups in total. The quantitative estimate of drug-likeness (QED) is 0.518. The molecule has 0 rings (SSSR count). The lowest BCUT2D eigenvalue weighted by Crippen LogP contribution is -1.99. The Morgan fingerprint density at radius 2 is 1.75 bits per heavy atom. The Morgan fingerprint density at radius 3 is 1.88 bits per heavy atom. The fourth-order valence-electron chi connectivity index (χ4n) is 0.901. The van der Waals surface area contributed by atoms with Crippen molar-refractivity contribution in [1.82, 2.24) is 0 Å². The second-order valence-electron chi connectivity index (χ2n) is 2.97. The van der Waals surface area contributed by atoms with Crippen molar-refractivity contribution >= 4 is 9.24 Å². The molecule has 50 valence electrons. The average Bonchev–Trinajstić information content (AvgIpc) is 1.65. The molecule has 0 bridgehead atoms. The van der Waals surface area contributed by atoms with Crippen LogP contribution in [-0.2, 0) is 0 Å². The molecule has 0 spiro atoms. The number of hydrogen-bond acceptors (Lipinski definition) is 0. The third-order valence-corrected chi connectivity index (χ3v) is 2.08. The third kappa shape index (κ3) is 4.59. The van der Waals surface area contributed by atoms with E-state index in [0.717, 1.165) is 11.8 Å². The Kier molecular flexibility index (Phi) is 4.56. The molecule has 1 heteroatoms. The van der Waals surface area contributed by atoms with E-state index in [2.05, 4.69) is 30.0 Å². The van der Waals surface area contributed by atoms with Gasteiger partial charge >= 0.3 is 0 Å². The lowest BCUT2D eigenvalue weighted by molar-refractivity contribution is 0.474. The Balaban J connectivity index is 3.10. The summed E-state index contributed by atoms with van der Waals surface area (Å²) in [6.07, 6.45) is 2.61. The summed E-state index contributed by atoms with van der Waals surface area (Å²) in [4.78, 5) is 0. The Labute approximate surface area is 55.3 Å². The first-order valence-corrected chi connectivity index (χ1v) is 4.18. The predicted octanol–water partition coefficient (Wildman–Crippen LogP) is 2.54. The molecular weight excluding hydrogens is 115 g/mol. The standard InChI is InChI=1S/C7H17P/c1-6(2)4-7(3)5-8/h6-7H,4-5,8H2,1-3H3. The highest BCUT2D eigenvalue weighted by Gasteiger charge is 2.00. The van der Waals surface area contributed by atoms with Crippen molar-refractivity contribution in [2.45, 2.75) is 27.2 Å². The summed E-state index contributed by atoms with van der Waals surface area (Å²) in [6, 6.07) is 0. The van der Waals surface area contributed by atoms with E-state index in [1.807, 2.05) is 0 Å². The molecule has 2 atom stereocenters. The van der Waals surface area contributed by atoms with Crippen molar-refractivity contribution in [3.63, 3.8) is 0 Å². The maximum absolute atomic E-state index is 2.78. The molecule has 8 heavy (non-hydrogen) atoms. The van der Waals surface area contributed by atoms with E-state index in [1.54, 1.807) is 0 Å². The highest BCUT2D eigenvalue weighted by Crippen LogP contribution is 2.12. The molecular formula is C7H17P. The molecule has 0 aliphatic heterocycles. The molecule has 0 saturated heterocycles. The highest BCUT2D eigenvalue weighted by molar-refractivity contribution is 7.16. The SMILES string of the molecule is CC(C)CC(C)CP. The van der Waals surface area contributed by atoms with Crippen molar-refractivity contribution in [2.75, 3.05) is 6.16 Å². The largest absolute Gasteiger partial charge is 0.137 e. The molecule has 0 aromatic rings. The molecule has 0 aliphatic rings. The smallest absolute Gasteiger partial charge is 0.0355 e. The van der Waals surface area contributed by atoms with E-state index in [9.17, 15) is 0 Å². The van der Waals surface area contributed by atoms with Gasteiger partial charge in [0, 0.05) is 0 Å². The van der Waals surface area contributed by atoms with Gasteiger partial charge in [-0.25, -0.2) is 0 Å². The van der Waals surface area contributed by atoms with Gasteiger partial charge in [-0.3, -0.25) is 0 Å². The molecule has 0 aliphatic carbocycles. The van der Waals surface area contributed by atoms with E-state index < -0.39 is 0 Å². The highest BCUT2D eigenvalue weighted by atomic mass is 31.0. The predicted molar refractivity (Wildman–Crippen MR) is 43.2 cm³/mol. The summed E-state index contributed by atoms with van der Waals surface area (Å²) in [6.45, 7) is 6.85. The minimum atomic E-state index is 0.866. The van der Waals surface area contributed by atoms with Crippen LogP contribution in [0.5, 0.6) is 0 Å². The molecule has 0 fully saturated rings. The first-order chi connectivity index (χ1) is 3.66. The van der Waals surface area contributed by atoms with Crippen LogP contribution in [0.3, 0.4) is 0 Å². The maximum atomic E-state index is 2.78. The van der Waals surface area contributed by atoms with Gasteiger partial charge in [-0.15, -0.1) is 9.24 Å². The first-order valence-electron chi connectivity index (χ1n) is 3.37. The van der Waals surface area contributed by atoms with Gasteiger partial charge in [-0.05, 0) is 24.4 Å². The number of rotatable bonds is 3. The molecule has 0 heterocycles. The zero-order valence-electron chi connectivity index (χ0n) is 6.15. The van der Waals surface area contributed by atoms with Gasteiger partial charge in [0.05, 0.1) is 0 Å². The van der Waals surface area contributed by atoms with Gasteiger partial charge in [-0.2, -0.15) is 0 Å². The third-order valence-electron chi connectivity index (χ3n) is 1.28. The average molecular weight is 132 g/mol. The van der Waals surface area contributed by atoms with E-state index in [-0.39, 0.29) is 0 Å². The molecule has 2 unspecified atom stereocenters. The maximum Gasteiger partial charge on any atom is -0.0355 e. The lowest BCUT2D eigenvalue weighted by atomic mass is 10.0. The van der Waals surface area contributed by atoms with Gasteiger partial charge in [0.2, 0.25) is 0 Å². The van der Waals surface area contributed by atoms with E-state index in [4.69, 9.17) is 0 Å². The van der Waals surface area contributed by atoms with Crippen LogP contribution in [-0.4, -0.2) is 6.16 Å². The van der Waals surface area contributed by atoms with Gasteiger partial charge in [0.25, 0.3) is 0 Å². The summed E-state index contributed by atoms with van der Waals surface area (Å²) in [5, 5.41) is 0. The molecule has 0 amide bonds. The van der Waals surface area contributed by atoms with Gasteiger partial charge < -0.3 is 0 Å². The van der Waals surface area contributed by atoms with Crippen molar-refractivity contribution in [3.8, 4) is 0 Å². The number of hydrogen-bond donors (Lipinski definition) is 0. The second-order valence-corrected chi connectivity index (χ2v) is 3.44. The molecule has 0 radical (unpaired) electrons. The van der Waals surface area contributed by atoms with Crippen molar-refractivity contribution in [1.29, 1.82) is 0 Å². The minimum Gasteiger partial charge on any atom is -0.137 e. The summed E-state index contributed by atoms with van der Waals surface area (Å²) in [5.74, 6) is 1.76. The fraction of sp³-hybridized carbons (Fsp3) is 1.00. The van der Waals surface area contributed by atoms with E-state index >= 15 is 0 Å². The van der Waals surface area contributed by atoms with Crippen LogP contribution in [0, 0.1) is 11.8 Å². The minimum absolute atomic E-state index is 0.866. The summed E-state index contributed by atoms with van der Waals surface area (Å²) >= 11 is 0. The summed E-state index contributed by atoms with van der Waals surface area (Å²) in [5.41, 5.74) is 0. The lowest BCUT2D eigenvalue weighted by Gasteiger charge is -2.09. The van der Waals surface area contributed by atoms with Crippen molar-refractivity contribution in [2.24, 2.45) is 11.8 Å². The zero-order chi connectivity index (χ0) is 6.57. The van der Waals surface area contributed by atoms with Crippen LogP contribution < -0.4 is 0 Å². The molecule has 0 aromatic carbocycles. The van der Waals surface area contributed by atoms with Crippen LogP contribution in [0.15, 0.2) is 0 Å². The molecule has 0 aromatic heterocycles. The normalized spacial score (nSPS) is 14.6. The second kappa shape index (κ2) is 4.32.